The van der Waals surface area contributed by atoms with Crippen molar-refractivity contribution in [2.24, 2.45) is 0 Å². The van der Waals surface area contributed by atoms with E-state index in [0.29, 0.717) is 0 Å². The van der Waals surface area contributed by atoms with E-state index < -0.39 is 0 Å². The molecule has 0 atom stereocenters. The number of halogens is 1. The Morgan fingerprint density at radius 2 is 2.00 bits per heavy atom. The van der Waals surface area contributed by atoms with Gasteiger partial charge in [0.2, 0.25) is 0 Å². The zero-order chi connectivity index (χ0) is 11.8. The van der Waals surface area contributed by atoms with E-state index in [2.05, 4.69) is 37.1 Å². The molecule has 1 heterocycles. The van der Waals surface area contributed by atoms with Gasteiger partial charge in [0.25, 0.3) is 0 Å². The van der Waals surface area contributed by atoms with E-state index in [-0.39, 0.29) is 5.54 Å². The summed E-state index contributed by atoms with van der Waals surface area (Å²) in [4.78, 5) is 3.37. The Balaban J connectivity index is 2.20. The number of hydrogen-bond acceptors (Lipinski definition) is 1. The van der Waals surface area contributed by atoms with Gasteiger partial charge in [0.05, 0.1) is 0 Å². The van der Waals surface area contributed by atoms with Crippen molar-refractivity contribution in [3.63, 3.8) is 0 Å². The summed E-state index contributed by atoms with van der Waals surface area (Å²) in [7, 11) is 0. The fourth-order valence-electron chi connectivity index (χ4n) is 1.62. The van der Waals surface area contributed by atoms with E-state index in [1.165, 1.54) is 11.1 Å². The van der Waals surface area contributed by atoms with Crippen LogP contribution in [0.1, 0.15) is 26.5 Å². The maximum absolute atomic E-state index is 5.95. The monoisotopic (exact) mass is 236 g/mol. The van der Waals surface area contributed by atoms with E-state index >= 15 is 0 Å². The molecule has 2 aromatic rings. The van der Waals surface area contributed by atoms with Crippen LogP contribution in [0.15, 0.2) is 24.3 Å². The van der Waals surface area contributed by atoms with E-state index in [9.17, 15) is 0 Å². The van der Waals surface area contributed by atoms with Crippen LogP contribution in [0, 0.1) is 0 Å². The zero-order valence-corrected chi connectivity index (χ0v) is 10.7. The first-order chi connectivity index (χ1) is 7.44. The number of nitrogens with one attached hydrogen (secondary N) is 2. The zero-order valence-electron chi connectivity index (χ0n) is 9.89. The topological polar surface area (TPSA) is 27.8 Å². The molecule has 0 saturated carbocycles. The molecule has 2 N–H and O–H groups in total. The fraction of sp³-hybridized carbons (Fsp3) is 0.385. The van der Waals surface area contributed by atoms with Crippen LogP contribution in [0.5, 0.6) is 0 Å². The summed E-state index contributed by atoms with van der Waals surface area (Å²) >= 11 is 5.95. The van der Waals surface area contributed by atoms with Crippen LogP contribution in [0.3, 0.4) is 0 Å². The van der Waals surface area contributed by atoms with Crippen LogP contribution in [0.4, 0.5) is 0 Å². The molecule has 16 heavy (non-hydrogen) atoms. The molecule has 2 nitrogen and oxygen atoms in total. The molecule has 0 amide bonds. The van der Waals surface area contributed by atoms with E-state index in [1.807, 2.05) is 18.2 Å². The molecular weight excluding hydrogens is 220 g/mol. The average Bonchev–Trinajstić information content (AvgIpc) is 2.55. The summed E-state index contributed by atoms with van der Waals surface area (Å²) in [6.07, 6.45) is 0. The SMILES string of the molecule is CC(C)(C)NCc1cc2cc(Cl)ccc2[nH]1. The minimum Gasteiger partial charge on any atom is -0.357 e. The second-order valence-electron chi connectivity index (χ2n) is 5.13. The Hall–Kier alpha value is -0.990. The van der Waals surface area contributed by atoms with Gasteiger partial charge in [0.15, 0.2) is 0 Å². The molecule has 0 fully saturated rings. The number of H-pyrrole nitrogens is 1. The standard InChI is InChI=1S/C13H17ClN2/c1-13(2,3)15-8-11-7-9-6-10(14)4-5-12(9)16-11/h4-7,15-16H,8H2,1-3H3. The lowest BCUT2D eigenvalue weighted by Gasteiger charge is -2.19. The van der Waals surface area contributed by atoms with Crippen LogP contribution in [-0.4, -0.2) is 10.5 Å². The molecule has 2 rings (SSSR count). The number of aromatic nitrogens is 1. The molecular formula is C13H17ClN2. The van der Waals surface area contributed by atoms with Gasteiger partial charge in [-0.15, -0.1) is 0 Å². The smallest absolute Gasteiger partial charge is 0.0457 e. The molecule has 3 heteroatoms. The minimum atomic E-state index is 0.134. The highest BCUT2D eigenvalue weighted by Crippen LogP contribution is 2.20. The highest BCUT2D eigenvalue weighted by atomic mass is 35.5. The third-order valence-electron chi connectivity index (χ3n) is 2.45. The predicted octanol–water partition coefficient (Wildman–Crippen LogP) is 3.71. The van der Waals surface area contributed by atoms with Crippen molar-refractivity contribution in [3.05, 3.63) is 35.0 Å². The maximum atomic E-state index is 5.95. The van der Waals surface area contributed by atoms with E-state index in [0.717, 1.165) is 17.1 Å². The molecule has 1 aromatic heterocycles. The Kier molecular flexibility index (Phi) is 2.96. The van der Waals surface area contributed by atoms with Crippen LogP contribution < -0.4 is 5.32 Å². The lowest BCUT2D eigenvalue weighted by atomic mass is 10.1. The molecule has 86 valence electrons. The second-order valence-corrected chi connectivity index (χ2v) is 5.57. The molecule has 0 unspecified atom stereocenters. The number of aromatic amines is 1. The molecule has 1 aromatic carbocycles. The van der Waals surface area contributed by atoms with Crippen molar-refractivity contribution in [1.82, 2.24) is 10.3 Å². The highest BCUT2D eigenvalue weighted by Gasteiger charge is 2.09. The number of benzene rings is 1. The van der Waals surface area contributed by atoms with Crippen molar-refractivity contribution < 1.29 is 0 Å². The molecule has 0 aliphatic heterocycles. The van der Waals surface area contributed by atoms with Gasteiger partial charge in [-0.25, -0.2) is 0 Å². The predicted molar refractivity (Wildman–Crippen MR) is 69.9 cm³/mol. The van der Waals surface area contributed by atoms with Crippen LogP contribution in [0.25, 0.3) is 10.9 Å². The number of fused-ring (bicyclic) bond motifs is 1. The van der Waals surface area contributed by atoms with Crippen molar-refractivity contribution in [3.8, 4) is 0 Å². The Morgan fingerprint density at radius 3 is 2.69 bits per heavy atom. The summed E-state index contributed by atoms with van der Waals surface area (Å²) in [6, 6.07) is 8.04. The number of rotatable bonds is 2. The van der Waals surface area contributed by atoms with Crippen LogP contribution in [0.2, 0.25) is 5.02 Å². The third kappa shape index (κ3) is 2.77. The molecule has 0 spiro atoms. The normalized spacial score (nSPS) is 12.2. The van der Waals surface area contributed by atoms with E-state index in [1.54, 1.807) is 0 Å². The largest absolute Gasteiger partial charge is 0.357 e. The quantitative estimate of drug-likeness (QED) is 0.818. The Bertz CT molecular complexity index is 494. The first-order valence-electron chi connectivity index (χ1n) is 5.46. The molecule has 0 saturated heterocycles. The summed E-state index contributed by atoms with van der Waals surface area (Å²) in [6.45, 7) is 7.32. The molecule has 0 aliphatic carbocycles. The summed E-state index contributed by atoms with van der Waals surface area (Å²) in [5.41, 5.74) is 2.46. The van der Waals surface area contributed by atoms with Crippen molar-refractivity contribution >= 4 is 22.5 Å². The second kappa shape index (κ2) is 4.11. The Morgan fingerprint density at radius 1 is 1.25 bits per heavy atom. The lowest BCUT2D eigenvalue weighted by molar-refractivity contribution is 0.422. The first-order valence-corrected chi connectivity index (χ1v) is 5.84. The van der Waals surface area contributed by atoms with Crippen molar-refractivity contribution in [2.45, 2.75) is 32.9 Å². The fourth-order valence-corrected chi connectivity index (χ4v) is 1.80. The van der Waals surface area contributed by atoms with Gasteiger partial charge in [-0.2, -0.15) is 0 Å². The lowest BCUT2D eigenvalue weighted by Crippen LogP contribution is -2.35. The van der Waals surface area contributed by atoms with Crippen LogP contribution >= 0.6 is 11.6 Å². The Labute approximate surface area is 101 Å². The number of hydrogen-bond donors (Lipinski definition) is 2. The van der Waals surface area contributed by atoms with Gasteiger partial charge in [-0.3, -0.25) is 0 Å². The van der Waals surface area contributed by atoms with Crippen molar-refractivity contribution in [2.75, 3.05) is 0 Å². The van der Waals surface area contributed by atoms with Gasteiger partial charge in [0, 0.05) is 33.7 Å². The molecule has 0 radical (unpaired) electrons. The summed E-state index contributed by atoms with van der Waals surface area (Å²) in [5.74, 6) is 0. The summed E-state index contributed by atoms with van der Waals surface area (Å²) in [5, 5.41) is 5.39. The van der Waals surface area contributed by atoms with Gasteiger partial charge >= 0.3 is 0 Å². The highest BCUT2D eigenvalue weighted by molar-refractivity contribution is 6.31. The van der Waals surface area contributed by atoms with Gasteiger partial charge in [0.1, 0.15) is 0 Å². The third-order valence-corrected chi connectivity index (χ3v) is 2.68. The molecule has 0 bridgehead atoms. The average molecular weight is 237 g/mol. The van der Waals surface area contributed by atoms with Gasteiger partial charge in [-0.05, 0) is 45.0 Å². The van der Waals surface area contributed by atoms with Gasteiger partial charge in [-0.1, -0.05) is 11.6 Å². The van der Waals surface area contributed by atoms with Gasteiger partial charge < -0.3 is 10.3 Å². The molecule has 0 aliphatic rings. The maximum Gasteiger partial charge on any atom is 0.0457 e. The minimum absolute atomic E-state index is 0.134. The van der Waals surface area contributed by atoms with Crippen LogP contribution in [-0.2, 0) is 6.54 Å². The van der Waals surface area contributed by atoms with E-state index in [4.69, 9.17) is 11.6 Å². The van der Waals surface area contributed by atoms with Crippen molar-refractivity contribution in [1.29, 1.82) is 0 Å². The summed E-state index contributed by atoms with van der Waals surface area (Å²) < 4.78 is 0. The first kappa shape index (κ1) is 11.5.